The van der Waals surface area contributed by atoms with Crippen LogP contribution in [0.4, 0.5) is 5.69 Å². The second-order valence-electron chi connectivity index (χ2n) is 3.79. The van der Waals surface area contributed by atoms with Crippen molar-refractivity contribution in [2.75, 3.05) is 18.5 Å². The number of carbonyl (C=O) groups excluding carboxylic acids is 1. The summed E-state index contributed by atoms with van der Waals surface area (Å²) in [6, 6.07) is 7.15. The molecule has 4 nitrogen and oxygen atoms in total. The highest BCUT2D eigenvalue weighted by molar-refractivity contribution is 7.80. The predicted octanol–water partition coefficient (Wildman–Crippen LogP) is 2.08. The standard InChI is InChI=1S/C13H18N2O2S/c1-2-17-9-3-4-12(16)15-11-7-5-10(6-8-11)13(14)18/h5-8H,2-4,9H2,1H3,(H2,14,18)(H,15,16). The molecule has 0 saturated heterocycles. The molecule has 0 atom stereocenters. The number of carbonyl (C=O) groups is 1. The smallest absolute Gasteiger partial charge is 0.224 e. The lowest BCUT2D eigenvalue weighted by atomic mass is 10.2. The number of thiocarbonyl (C=S) groups is 1. The van der Waals surface area contributed by atoms with Crippen molar-refractivity contribution in [3.8, 4) is 0 Å². The molecule has 18 heavy (non-hydrogen) atoms. The fourth-order valence-electron chi connectivity index (χ4n) is 1.42. The zero-order chi connectivity index (χ0) is 13.4. The number of ether oxygens (including phenoxy) is 1. The SMILES string of the molecule is CCOCCCC(=O)Nc1ccc(C(N)=S)cc1. The summed E-state index contributed by atoms with van der Waals surface area (Å²) in [6.07, 6.45) is 1.18. The van der Waals surface area contributed by atoms with Crippen molar-refractivity contribution >= 4 is 28.8 Å². The van der Waals surface area contributed by atoms with Crippen molar-refractivity contribution in [1.82, 2.24) is 0 Å². The number of anilines is 1. The molecule has 3 N–H and O–H groups in total. The van der Waals surface area contributed by atoms with Crippen LogP contribution >= 0.6 is 12.2 Å². The summed E-state index contributed by atoms with van der Waals surface area (Å²) in [4.78, 5) is 11.9. The Morgan fingerprint density at radius 1 is 1.39 bits per heavy atom. The predicted molar refractivity (Wildman–Crippen MR) is 76.7 cm³/mol. The summed E-state index contributed by atoms with van der Waals surface area (Å²) in [5.74, 6) is -0.0159. The van der Waals surface area contributed by atoms with Crippen LogP contribution in [0.15, 0.2) is 24.3 Å². The monoisotopic (exact) mass is 266 g/mol. The topological polar surface area (TPSA) is 64.3 Å². The van der Waals surface area contributed by atoms with Crippen LogP contribution in [0.5, 0.6) is 0 Å². The van der Waals surface area contributed by atoms with E-state index < -0.39 is 0 Å². The van der Waals surface area contributed by atoms with Gasteiger partial charge >= 0.3 is 0 Å². The highest BCUT2D eigenvalue weighted by Gasteiger charge is 2.02. The van der Waals surface area contributed by atoms with Gasteiger partial charge in [0.1, 0.15) is 4.99 Å². The fourth-order valence-corrected chi connectivity index (χ4v) is 1.56. The maximum absolute atomic E-state index is 11.6. The van der Waals surface area contributed by atoms with E-state index in [0.717, 1.165) is 17.7 Å². The summed E-state index contributed by atoms with van der Waals surface area (Å²) in [7, 11) is 0. The highest BCUT2D eigenvalue weighted by atomic mass is 32.1. The summed E-state index contributed by atoms with van der Waals surface area (Å²) in [6.45, 7) is 3.23. The van der Waals surface area contributed by atoms with Crippen LogP contribution in [0.25, 0.3) is 0 Å². The molecular formula is C13H18N2O2S. The summed E-state index contributed by atoms with van der Waals surface area (Å²) in [5.41, 5.74) is 7.03. The van der Waals surface area contributed by atoms with Crippen molar-refractivity contribution in [3.63, 3.8) is 0 Å². The van der Waals surface area contributed by atoms with Gasteiger partial charge in [-0.15, -0.1) is 0 Å². The molecule has 0 spiro atoms. The first kappa shape index (κ1) is 14.6. The molecule has 0 aromatic heterocycles. The fraction of sp³-hybridized carbons (Fsp3) is 0.385. The quantitative estimate of drug-likeness (QED) is 0.586. The Morgan fingerprint density at radius 3 is 2.61 bits per heavy atom. The van der Waals surface area contributed by atoms with Crippen LogP contribution in [0.2, 0.25) is 0 Å². The summed E-state index contributed by atoms with van der Waals surface area (Å²) >= 11 is 4.85. The van der Waals surface area contributed by atoms with Crippen LogP contribution in [0, 0.1) is 0 Å². The second-order valence-corrected chi connectivity index (χ2v) is 4.23. The van der Waals surface area contributed by atoms with Crippen LogP contribution in [0.1, 0.15) is 25.3 Å². The molecule has 0 aliphatic carbocycles. The molecule has 1 amide bonds. The van der Waals surface area contributed by atoms with Crippen molar-refractivity contribution in [3.05, 3.63) is 29.8 Å². The van der Waals surface area contributed by atoms with E-state index in [0.29, 0.717) is 24.6 Å². The number of amides is 1. The maximum Gasteiger partial charge on any atom is 0.224 e. The van der Waals surface area contributed by atoms with Gasteiger partial charge in [0.2, 0.25) is 5.91 Å². The average molecular weight is 266 g/mol. The molecule has 1 rings (SSSR count). The third-order valence-corrected chi connectivity index (χ3v) is 2.59. The second kappa shape index (κ2) is 7.79. The Kier molecular flexibility index (Phi) is 6.32. The van der Waals surface area contributed by atoms with Crippen molar-refractivity contribution in [2.24, 2.45) is 5.73 Å². The van der Waals surface area contributed by atoms with E-state index in [1.807, 2.05) is 6.92 Å². The van der Waals surface area contributed by atoms with E-state index in [1.165, 1.54) is 0 Å². The van der Waals surface area contributed by atoms with Gasteiger partial charge < -0.3 is 15.8 Å². The van der Waals surface area contributed by atoms with Gasteiger partial charge in [-0.1, -0.05) is 12.2 Å². The van der Waals surface area contributed by atoms with Crippen molar-refractivity contribution in [2.45, 2.75) is 19.8 Å². The number of rotatable bonds is 7. The Balaban J connectivity index is 2.37. The first-order valence-electron chi connectivity index (χ1n) is 5.91. The molecule has 98 valence electrons. The molecule has 0 heterocycles. The highest BCUT2D eigenvalue weighted by Crippen LogP contribution is 2.10. The number of nitrogens with two attached hydrogens (primary N) is 1. The molecule has 0 radical (unpaired) electrons. The zero-order valence-corrected chi connectivity index (χ0v) is 11.3. The lowest BCUT2D eigenvalue weighted by Gasteiger charge is -2.06. The Hall–Kier alpha value is -1.46. The molecule has 0 unspecified atom stereocenters. The first-order valence-corrected chi connectivity index (χ1v) is 6.31. The van der Waals surface area contributed by atoms with Crippen LogP contribution in [-0.2, 0) is 9.53 Å². The van der Waals surface area contributed by atoms with Crippen LogP contribution < -0.4 is 11.1 Å². The van der Waals surface area contributed by atoms with Gasteiger partial charge in [0.05, 0.1) is 0 Å². The minimum absolute atomic E-state index is 0.0159. The van der Waals surface area contributed by atoms with Gasteiger partial charge in [0.25, 0.3) is 0 Å². The van der Waals surface area contributed by atoms with E-state index in [4.69, 9.17) is 22.7 Å². The lowest BCUT2D eigenvalue weighted by molar-refractivity contribution is -0.116. The summed E-state index contributed by atoms with van der Waals surface area (Å²) < 4.78 is 5.17. The molecule has 0 aliphatic heterocycles. The van der Waals surface area contributed by atoms with Crippen LogP contribution in [0.3, 0.4) is 0 Å². The first-order chi connectivity index (χ1) is 8.63. The molecule has 0 fully saturated rings. The van der Waals surface area contributed by atoms with Gasteiger partial charge in [0, 0.05) is 30.9 Å². The van der Waals surface area contributed by atoms with Gasteiger partial charge in [-0.05, 0) is 37.6 Å². The van der Waals surface area contributed by atoms with E-state index >= 15 is 0 Å². The molecule has 5 heteroatoms. The molecular weight excluding hydrogens is 248 g/mol. The minimum atomic E-state index is -0.0159. The zero-order valence-electron chi connectivity index (χ0n) is 10.4. The summed E-state index contributed by atoms with van der Waals surface area (Å²) in [5, 5.41) is 2.81. The number of nitrogens with one attached hydrogen (secondary N) is 1. The van der Waals surface area contributed by atoms with E-state index in [9.17, 15) is 4.79 Å². The van der Waals surface area contributed by atoms with E-state index in [1.54, 1.807) is 24.3 Å². The van der Waals surface area contributed by atoms with E-state index in [-0.39, 0.29) is 5.91 Å². The maximum atomic E-state index is 11.6. The minimum Gasteiger partial charge on any atom is -0.389 e. The van der Waals surface area contributed by atoms with Crippen molar-refractivity contribution in [1.29, 1.82) is 0 Å². The Bertz CT molecular complexity index is 404. The number of benzene rings is 1. The normalized spacial score (nSPS) is 10.1. The van der Waals surface area contributed by atoms with Gasteiger partial charge in [-0.3, -0.25) is 4.79 Å². The third-order valence-electron chi connectivity index (χ3n) is 2.35. The van der Waals surface area contributed by atoms with Crippen LogP contribution in [-0.4, -0.2) is 24.1 Å². The number of hydrogen-bond acceptors (Lipinski definition) is 3. The Labute approximate surface area is 113 Å². The lowest BCUT2D eigenvalue weighted by Crippen LogP contribution is -2.13. The van der Waals surface area contributed by atoms with Gasteiger partial charge in [0.15, 0.2) is 0 Å². The average Bonchev–Trinajstić information content (AvgIpc) is 2.35. The largest absolute Gasteiger partial charge is 0.389 e. The van der Waals surface area contributed by atoms with Crippen molar-refractivity contribution < 1.29 is 9.53 Å². The van der Waals surface area contributed by atoms with E-state index in [2.05, 4.69) is 5.32 Å². The molecule has 0 aliphatic rings. The number of hydrogen-bond donors (Lipinski definition) is 2. The molecule has 0 saturated carbocycles. The molecule has 0 bridgehead atoms. The Morgan fingerprint density at radius 2 is 2.06 bits per heavy atom. The van der Waals surface area contributed by atoms with Gasteiger partial charge in [-0.25, -0.2) is 0 Å². The molecule has 1 aromatic carbocycles. The third kappa shape index (κ3) is 5.25. The van der Waals surface area contributed by atoms with Gasteiger partial charge in [-0.2, -0.15) is 0 Å². The molecule has 1 aromatic rings.